The Morgan fingerprint density at radius 2 is 1.88 bits per heavy atom. The fraction of sp³-hybridized carbons (Fsp3) is 0.280. The molecule has 0 saturated carbocycles. The third-order valence-electron chi connectivity index (χ3n) is 5.78. The highest BCUT2D eigenvalue weighted by Gasteiger charge is 2.34. The average molecular weight is 461 g/mol. The molecule has 34 heavy (non-hydrogen) atoms. The summed E-state index contributed by atoms with van der Waals surface area (Å²) in [7, 11) is 1.73. The SMILES string of the molecule is CC(=O)Nc1cc(-c2[nH]c3c(c2Nc2ccccc2)C(=O)CN(C(=O)N(C)C(C)C)C3)ccn1. The fourth-order valence-electron chi connectivity index (χ4n) is 3.90. The lowest BCUT2D eigenvalue weighted by Crippen LogP contribution is -2.47. The summed E-state index contributed by atoms with van der Waals surface area (Å²) in [4.78, 5) is 48.5. The van der Waals surface area contributed by atoms with E-state index >= 15 is 0 Å². The zero-order valence-electron chi connectivity index (χ0n) is 19.7. The van der Waals surface area contributed by atoms with Crippen LogP contribution in [0.5, 0.6) is 0 Å². The van der Waals surface area contributed by atoms with Gasteiger partial charge in [0, 0.05) is 43.2 Å². The third kappa shape index (κ3) is 4.63. The molecule has 9 heteroatoms. The quantitative estimate of drug-likeness (QED) is 0.528. The molecule has 0 unspecified atom stereocenters. The minimum absolute atomic E-state index is 0.00283. The number of rotatable bonds is 5. The number of carbonyl (C=O) groups excluding carboxylic acids is 3. The van der Waals surface area contributed by atoms with E-state index < -0.39 is 0 Å². The summed E-state index contributed by atoms with van der Waals surface area (Å²) in [5, 5.41) is 6.07. The zero-order valence-corrected chi connectivity index (χ0v) is 19.7. The van der Waals surface area contributed by atoms with Gasteiger partial charge in [-0.3, -0.25) is 9.59 Å². The molecule has 9 nitrogen and oxygen atoms in total. The molecule has 3 amide bonds. The molecule has 0 saturated heterocycles. The Balaban J connectivity index is 1.78. The molecule has 4 rings (SSSR count). The van der Waals surface area contributed by atoms with E-state index in [0.29, 0.717) is 28.5 Å². The molecule has 1 aliphatic rings. The lowest BCUT2D eigenvalue weighted by atomic mass is 10.0. The van der Waals surface area contributed by atoms with Gasteiger partial charge >= 0.3 is 6.03 Å². The number of amides is 3. The van der Waals surface area contributed by atoms with Crippen LogP contribution in [0, 0.1) is 0 Å². The second-order valence-electron chi connectivity index (χ2n) is 8.60. The molecule has 1 aromatic carbocycles. The van der Waals surface area contributed by atoms with Crippen molar-refractivity contribution in [3.63, 3.8) is 0 Å². The van der Waals surface area contributed by atoms with E-state index in [1.165, 1.54) is 6.92 Å². The molecule has 1 aliphatic heterocycles. The van der Waals surface area contributed by atoms with Gasteiger partial charge in [-0.2, -0.15) is 0 Å². The van der Waals surface area contributed by atoms with Crippen molar-refractivity contribution in [2.45, 2.75) is 33.4 Å². The van der Waals surface area contributed by atoms with Crippen molar-refractivity contribution >= 4 is 34.9 Å². The number of nitrogens with zero attached hydrogens (tertiary/aromatic N) is 3. The monoisotopic (exact) mass is 460 g/mol. The van der Waals surface area contributed by atoms with Crippen molar-refractivity contribution in [2.24, 2.45) is 0 Å². The first-order valence-corrected chi connectivity index (χ1v) is 11.1. The lowest BCUT2D eigenvalue weighted by Gasteiger charge is -2.32. The smallest absolute Gasteiger partial charge is 0.320 e. The Morgan fingerprint density at radius 1 is 1.15 bits per heavy atom. The van der Waals surface area contributed by atoms with Crippen LogP contribution < -0.4 is 10.6 Å². The number of aromatic nitrogens is 2. The van der Waals surface area contributed by atoms with Gasteiger partial charge in [-0.1, -0.05) is 18.2 Å². The molecular formula is C25H28N6O3. The molecule has 3 N–H and O–H groups in total. The van der Waals surface area contributed by atoms with E-state index in [1.807, 2.05) is 44.2 Å². The van der Waals surface area contributed by atoms with Crippen LogP contribution in [0.4, 0.5) is 22.0 Å². The number of pyridine rings is 1. The van der Waals surface area contributed by atoms with Crippen molar-refractivity contribution in [2.75, 3.05) is 24.2 Å². The first-order chi connectivity index (χ1) is 16.2. The van der Waals surface area contributed by atoms with E-state index in [1.54, 1.807) is 35.2 Å². The molecule has 0 bridgehead atoms. The highest BCUT2D eigenvalue weighted by molar-refractivity contribution is 6.09. The van der Waals surface area contributed by atoms with E-state index in [2.05, 4.69) is 20.6 Å². The summed E-state index contributed by atoms with van der Waals surface area (Å²) in [6.07, 6.45) is 1.60. The molecule has 0 spiro atoms. The Morgan fingerprint density at radius 3 is 2.56 bits per heavy atom. The van der Waals surface area contributed by atoms with Crippen molar-refractivity contribution in [3.05, 3.63) is 59.9 Å². The van der Waals surface area contributed by atoms with Crippen LogP contribution >= 0.6 is 0 Å². The van der Waals surface area contributed by atoms with Crippen molar-refractivity contribution in [1.82, 2.24) is 19.8 Å². The number of anilines is 3. The number of carbonyl (C=O) groups is 3. The summed E-state index contributed by atoms with van der Waals surface area (Å²) < 4.78 is 0. The van der Waals surface area contributed by atoms with Crippen LogP contribution in [-0.4, -0.2) is 57.1 Å². The van der Waals surface area contributed by atoms with Crippen LogP contribution in [0.3, 0.4) is 0 Å². The third-order valence-corrected chi connectivity index (χ3v) is 5.78. The van der Waals surface area contributed by atoms with Gasteiger partial charge in [0.2, 0.25) is 5.91 Å². The van der Waals surface area contributed by atoms with Gasteiger partial charge in [-0.25, -0.2) is 9.78 Å². The average Bonchev–Trinajstić information content (AvgIpc) is 3.17. The summed E-state index contributed by atoms with van der Waals surface area (Å²) in [6, 6.07) is 12.9. The number of urea groups is 1. The summed E-state index contributed by atoms with van der Waals surface area (Å²) in [6.45, 7) is 5.56. The Bertz CT molecular complexity index is 1230. The topological polar surface area (TPSA) is 110 Å². The Kier molecular flexibility index (Phi) is 6.36. The number of hydrogen-bond donors (Lipinski definition) is 3. The lowest BCUT2D eigenvalue weighted by molar-refractivity contribution is -0.114. The van der Waals surface area contributed by atoms with Gasteiger partial charge in [0.25, 0.3) is 0 Å². The predicted molar refractivity (Wildman–Crippen MR) is 131 cm³/mol. The van der Waals surface area contributed by atoms with Crippen LogP contribution in [-0.2, 0) is 11.3 Å². The van der Waals surface area contributed by atoms with Crippen molar-refractivity contribution in [1.29, 1.82) is 0 Å². The highest BCUT2D eigenvalue weighted by Crippen LogP contribution is 2.38. The zero-order chi connectivity index (χ0) is 24.4. The molecule has 0 aliphatic carbocycles. The Labute approximate surface area is 198 Å². The molecule has 0 fully saturated rings. The summed E-state index contributed by atoms with van der Waals surface area (Å²) >= 11 is 0. The number of benzene rings is 1. The normalized spacial score (nSPS) is 13.0. The standard InChI is InChI=1S/C25H28N6O3/c1-15(2)30(4)25(34)31-13-19-22(20(33)14-31)24(28-18-8-6-5-7-9-18)23(29-19)17-10-11-26-21(12-17)27-16(3)32/h5-12,15,28-29H,13-14H2,1-4H3,(H,26,27,32). The van der Waals surface area contributed by atoms with Gasteiger partial charge in [0.05, 0.1) is 30.0 Å². The number of ketones is 1. The first-order valence-electron chi connectivity index (χ1n) is 11.1. The van der Waals surface area contributed by atoms with Crippen LogP contribution in [0.1, 0.15) is 36.8 Å². The Hall–Kier alpha value is -4.14. The molecule has 2 aromatic heterocycles. The molecule has 0 radical (unpaired) electrons. The number of H-pyrrole nitrogens is 1. The summed E-state index contributed by atoms with van der Waals surface area (Å²) in [5.41, 5.74) is 4.09. The van der Waals surface area contributed by atoms with Gasteiger partial charge in [-0.05, 0) is 38.1 Å². The van der Waals surface area contributed by atoms with Crippen molar-refractivity contribution in [3.8, 4) is 11.3 Å². The maximum absolute atomic E-state index is 13.3. The maximum atomic E-state index is 13.3. The largest absolute Gasteiger partial charge is 0.355 e. The van der Waals surface area contributed by atoms with Gasteiger partial charge in [-0.15, -0.1) is 0 Å². The van der Waals surface area contributed by atoms with Crippen LogP contribution in [0.2, 0.25) is 0 Å². The van der Waals surface area contributed by atoms with Crippen LogP contribution in [0.15, 0.2) is 48.7 Å². The fourth-order valence-corrected chi connectivity index (χ4v) is 3.90. The van der Waals surface area contributed by atoms with Gasteiger partial charge < -0.3 is 25.4 Å². The summed E-state index contributed by atoms with van der Waals surface area (Å²) in [5.74, 6) is 0.0328. The minimum atomic E-state index is -0.225. The number of hydrogen-bond acceptors (Lipinski definition) is 5. The highest BCUT2D eigenvalue weighted by atomic mass is 16.2. The molecule has 3 heterocycles. The molecular weight excluding hydrogens is 432 g/mol. The number of nitrogens with one attached hydrogen (secondary N) is 3. The van der Waals surface area contributed by atoms with E-state index in [4.69, 9.17) is 0 Å². The van der Waals surface area contributed by atoms with Crippen molar-refractivity contribution < 1.29 is 14.4 Å². The van der Waals surface area contributed by atoms with E-state index in [9.17, 15) is 14.4 Å². The first kappa shape index (κ1) is 23.0. The van der Waals surface area contributed by atoms with E-state index in [0.717, 1.165) is 11.3 Å². The second kappa shape index (κ2) is 9.38. The molecule has 176 valence electrons. The van der Waals surface area contributed by atoms with E-state index in [-0.39, 0.29) is 36.9 Å². The number of aromatic amines is 1. The predicted octanol–water partition coefficient (Wildman–Crippen LogP) is 4.24. The molecule has 3 aromatic rings. The van der Waals surface area contributed by atoms with Crippen LogP contribution in [0.25, 0.3) is 11.3 Å². The van der Waals surface area contributed by atoms with Gasteiger partial charge in [0.15, 0.2) is 5.78 Å². The number of fused-ring (bicyclic) bond motifs is 1. The maximum Gasteiger partial charge on any atom is 0.320 e. The van der Waals surface area contributed by atoms with Gasteiger partial charge in [0.1, 0.15) is 5.82 Å². The minimum Gasteiger partial charge on any atom is -0.355 e. The number of para-hydroxylation sites is 1. The molecule has 0 atom stereocenters. The second-order valence-corrected chi connectivity index (χ2v) is 8.60. The number of Topliss-reactive ketones (excluding diaryl/α,β-unsaturated/α-hetero) is 1.